The third-order valence-corrected chi connectivity index (χ3v) is 3.79. The molecule has 0 saturated carbocycles. The van der Waals surface area contributed by atoms with E-state index < -0.39 is 0 Å². The van der Waals surface area contributed by atoms with Gasteiger partial charge < -0.3 is 10.2 Å². The Kier molecular flexibility index (Phi) is 7.43. The van der Waals surface area contributed by atoms with Crippen molar-refractivity contribution in [1.29, 1.82) is 0 Å². The summed E-state index contributed by atoms with van der Waals surface area (Å²) in [5.41, 5.74) is 0.723. The molecule has 0 aromatic carbocycles. The number of nitrogens with zero attached hydrogens (tertiary/aromatic N) is 2. The van der Waals surface area contributed by atoms with Crippen LogP contribution in [-0.2, 0) is 4.79 Å². The maximum absolute atomic E-state index is 12.3. The summed E-state index contributed by atoms with van der Waals surface area (Å²) in [6.45, 7) is 13.6. The van der Waals surface area contributed by atoms with E-state index in [2.05, 4.69) is 18.5 Å². The SMILES string of the molecule is C=C/C=C(\C=C)N(CC1CCCN(C(C)=O)C1)C(=O)NCC. The van der Waals surface area contributed by atoms with Crippen LogP contribution in [0.3, 0.4) is 0 Å². The fourth-order valence-electron chi connectivity index (χ4n) is 2.70. The summed E-state index contributed by atoms with van der Waals surface area (Å²) in [6.07, 6.45) is 7.06. The van der Waals surface area contributed by atoms with E-state index in [4.69, 9.17) is 0 Å². The average Bonchev–Trinajstić information content (AvgIpc) is 2.51. The van der Waals surface area contributed by atoms with Gasteiger partial charge in [0.2, 0.25) is 5.91 Å². The average molecular weight is 305 g/mol. The van der Waals surface area contributed by atoms with Crippen LogP contribution in [0, 0.1) is 5.92 Å². The Hall–Kier alpha value is -2.04. The smallest absolute Gasteiger partial charge is 0.321 e. The topological polar surface area (TPSA) is 52.7 Å². The number of allylic oxidation sites excluding steroid dienone is 3. The van der Waals surface area contributed by atoms with Crippen LogP contribution in [-0.4, -0.2) is 47.9 Å². The fourth-order valence-corrected chi connectivity index (χ4v) is 2.70. The quantitative estimate of drug-likeness (QED) is 0.767. The third-order valence-electron chi connectivity index (χ3n) is 3.79. The van der Waals surface area contributed by atoms with Crippen LogP contribution in [0.15, 0.2) is 37.1 Å². The molecule has 1 unspecified atom stereocenters. The number of hydrogen-bond donors (Lipinski definition) is 1. The first-order valence-corrected chi connectivity index (χ1v) is 7.79. The van der Waals surface area contributed by atoms with Crippen molar-refractivity contribution < 1.29 is 9.59 Å². The number of rotatable bonds is 6. The summed E-state index contributed by atoms with van der Waals surface area (Å²) in [7, 11) is 0. The van der Waals surface area contributed by atoms with Gasteiger partial charge in [-0.3, -0.25) is 9.69 Å². The molecule has 1 heterocycles. The number of carbonyl (C=O) groups is 2. The summed E-state index contributed by atoms with van der Waals surface area (Å²) in [6, 6.07) is -0.143. The second kappa shape index (κ2) is 9.07. The van der Waals surface area contributed by atoms with E-state index in [0.717, 1.165) is 25.1 Å². The fraction of sp³-hybridized carbons (Fsp3) is 0.529. The lowest BCUT2D eigenvalue weighted by Crippen LogP contribution is -2.46. The maximum atomic E-state index is 12.3. The summed E-state index contributed by atoms with van der Waals surface area (Å²) >= 11 is 0. The minimum Gasteiger partial charge on any atom is -0.343 e. The number of amides is 3. The van der Waals surface area contributed by atoms with Crippen LogP contribution in [0.25, 0.3) is 0 Å². The molecule has 22 heavy (non-hydrogen) atoms. The van der Waals surface area contributed by atoms with Crippen LogP contribution < -0.4 is 5.32 Å². The summed E-state index contributed by atoms with van der Waals surface area (Å²) < 4.78 is 0. The van der Waals surface area contributed by atoms with Crippen molar-refractivity contribution in [3.8, 4) is 0 Å². The predicted octanol–water partition coefficient (Wildman–Crippen LogP) is 2.53. The first kappa shape index (κ1) is 18.0. The molecule has 1 saturated heterocycles. The zero-order valence-electron chi connectivity index (χ0n) is 13.7. The van der Waals surface area contributed by atoms with E-state index >= 15 is 0 Å². The molecule has 1 atom stereocenters. The number of carbonyl (C=O) groups excluding carboxylic acids is 2. The highest BCUT2D eigenvalue weighted by Crippen LogP contribution is 2.20. The van der Waals surface area contributed by atoms with E-state index in [9.17, 15) is 9.59 Å². The van der Waals surface area contributed by atoms with Crippen molar-refractivity contribution in [2.45, 2.75) is 26.7 Å². The van der Waals surface area contributed by atoms with Gasteiger partial charge in [-0.25, -0.2) is 4.79 Å². The van der Waals surface area contributed by atoms with Gasteiger partial charge in [-0.15, -0.1) is 0 Å². The molecule has 1 aliphatic rings. The van der Waals surface area contributed by atoms with Crippen molar-refractivity contribution in [3.05, 3.63) is 37.1 Å². The normalized spacial score (nSPS) is 18.5. The molecule has 0 aromatic rings. The lowest BCUT2D eigenvalue weighted by Gasteiger charge is -2.35. The molecule has 1 fully saturated rings. The second-order valence-corrected chi connectivity index (χ2v) is 5.45. The number of piperidine rings is 1. The first-order valence-electron chi connectivity index (χ1n) is 7.79. The minimum absolute atomic E-state index is 0.0971. The standard InChI is InChI=1S/C17H27N3O2/c1-5-9-16(6-2)20(17(22)18-7-3)13-15-10-8-11-19(12-15)14(4)21/h5-6,9,15H,1-2,7-8,10-13H2,3-4H3,(H,18,22)/b16-9+. The Morgan fingerprint density at radius 2 is 2.14 bits per heavy atom. The molecule has 0 spiro atoms. The second-order valence-electron chi connectivity index (χ2n) is 5.45. The molecular weight excluding hydrogens is 278 g/mol. The lowest BCUT2D eigenvalue weighted by molar-refractivity contribution is -0.130. The molecule has 0 bridgehead atoms. The molecular formula is C17H27N3O2. The summed E-state index contributed by atoms with van der Waals surface area (Å²) in [4.78, 5) is 27.4. The Bertz CT molecular complexity index is 457. The van der Waals surface area contributed by atoms with Gasteiger partial charge in [0, 0.05) is 38.8 Å². The number of hydrogen-bond acceptors (Lipinski definition) is 2. The van der Waals surface area contributed by atoms with Gasteiger partial charge in [0.1, 0.15) is 0 Å². The Balaban J connectivity index is 2.85. The molecule has 1 rings (SSSR count). The molecule has 0 aromatic heterocycles. The molecule has 5 heteroatoms. The molecule has 0 aliphatic carbocycles. The van der Waals surface area contributed by atoms with Gasteiger partial charge >= 0.3 is 6.03 Å². The van der Waals surface area contributed by atoms with Gasteiger partial charge in [0.15, 0.2) is 0 Å². The maximum Gasteiger partial charge on any atom is 0.321 e. The third kappa shape index (κ3) is 5.06. The minimum atomic E-state index is -0.143. The van der Waals surface area contributed by atoms with Crippen LogP contribution >= 0.6 is 0 Å². The van der Waals surface area contributed by atoms with Gasteiger partial charge in [0.25, 0.3) is 0 Å². The highest BCUT2D eigenvalue weighted by atomic mass is 16.2. The van der Waals surface area contributed by atoms with Gasteiger partial charge in [-0.2, -0.15) is 0 Å². The highest BCUT2D eigenvalue weighted by Gasteiger charge is 2.26. The van der Waals surface area contributed by atoms with E-state index in [1.165, 1.54) is 0 Å². The van der Waals surface area contributed by atoms with Crippen LogP contribution in [0.1, 0.15) is 26.7 Å². The zero-order chi connectivity index (χ0) is 16.5. The van der Waals surface area contributed by atoms with Crippen LogP contribution in [0.5, 0.6) is 0 Å². The van der Waals surface area contributed by atoms with Gasteiger partial charge in [0.05, 0.1) is 0 Å². The largest absolute Gasteiger partial charge is 0.343 e. The number of nitrogens with one attached hydrogen (secondary N) is 1. The van der Waals surface area contributed by atoms with Crippen molar-refractivity contribution in [1.82, 2.24) is 15.1 Å². The molecule has 5 nitrogen and oxygen atoms in total. The number of likely N-dealkylation sites (tertiary alicyclic amines) is 1. The molecule has 1 aliphatic heterocycles. The Labute approximate surface area is 133 Å². The van der Waals surface area contributed by atoms with Gasteiger partial charge in [-0.1, -0.05) is 19.2 Å². The zero-order valence-corrected chi connectivity index (χ0v) is 13.7. The van der Waals surface area contributed by atoms with E-state index in [1.54, 1.807) is 30.1 Å². The molecule has 1 N–H and O–H groups in total. The van der Waals surface area contributed by atoms with Crippen molar-refractivity contribution in [2.75, 3.05) is 26.2 Å². The Morgan fingerprint density at radius 1 is 1.41 bits per heavy atom. The monoisotopic (exact) mass is 305 g/mol. The molecule has 122 valence electrons. The van der Waals surface area contributed by atoms with E-state index in [-0.39, 0.29) is 17.9 Å². The highest BCUT2D eigenvalue weighted by molar-refractivity contribution is 5.77. The van der Waals surface area contributed by atoms with Gasteiger partial charge in [-0.05, 0) is 37.8 Å². The van der Waals surface area contributed by atoms with E-state index in [0.29, 0.717) is 19.6 Å². The molecule has 0 radical (unpaired) electrons. The summed E-state index contributed by atoms with van der Waals surface area (Å²) in [5.74, 6) is 0.369. The summed E-state index contributed by atoms with van der Waals surface area (Å²) in [5, 5.41) is 2.83. The Morgan fingerprint density at radius 3 is 2.68 bits per heavy atom. The van der Waals surface area contributed by atoms with Crippen LogP contribution in [0.4, 0.5) is 4.79 Å². The molecule has 3 amide bonds. The van der Waals surface area contributed by atoms with Crippen molar-refractivity contribution >= 4 is 11.9 Å². The van der Waals surface area contributed by atoms with Crippen LogP contribution in [0.2, 0.25) is 0 Å². The lowest BCUT2D eigenvalue weighted by atomic mass is 9.97. The first-order chi connectivity index (χ1) is 10.5. The number of urea groups is 1. The van der Waals surface area contributed by atoms with Crippen molar-refractivity contribution in [3.63, 3.8) is 0 Å². The van der Waals surface area contributed by atoms with E-state index in [1.807, 2.05) is 11.8 Å². The predicted molar refractivity (Wildman–Crippen MR) is 89.2 cm³/mol. The van der Waals surface area contributed by atoms with Crippen molar-refractivity contribution in [2.24, 2.45) is 5.92 Å².